The van der Waals surface area contributed by atoms with Gasteiger partial charge in [-0.2, -0.15) is 0 Å². The molecule has 124 valence electrons. The van der Waals surface area contributed by atoms with Gasteiger partial charge in [0.25, 0.3) is 0 Å². The summed E-state index contributed by atoms with van der Waals surface area (Å²) in [5, 5.41) is 11.6. The molecule has 3 aromatic rings. The lowest BCUT2D eigenvalue weighted by molar-refractivity contribution is 0.186. The number of ether oxygens (including phenoxy) is 1. The van der Waals surface area contributed by atoms with Crippen LogP contribution >= 0.6 is 0 Å². The van der Waals surface area contributed by atoms with E-state index in [4.69, 9.17) is 0 Å². The molecule has 0 unspecified atom stereocenters. The molecular weight excluding hydrogens is 334 g/mol. The number of imidazole rings is 1. The summed E-state index contributed by atoms with van der Waals surface area (Å²) in [6.45, 7) is 0. The number of nitrogens with zero attached hydrogens (tertiary/aromatic N) is 1. The molecule has 1 aromatic heterocycles. The number of aromatic amines is 1. The van der Waals surface area contributed by atoms with Gasteiger partial charge in [-0.25, -0.2) is 18.2 Å². The topological polar surface area (TPSA) is 121 Å². The number of carbonyl (C=O) groups is 1. The van der Waals surface area contributed by atoms with Crippen molar-refractivity contribution in [3.05, 3.63) is 42.5 Å². The second kappa shape index (κ2) is 5.85. The van der Waals surface area contributed by atoms with Gasteiger partial charge in [0.1, 0.15) is 5.75 Å². The highest BCUT2D eigenvalue weighted by atomic mass is 32.2. The van der Waals surface area contributed by atoms with Crippen molar-refractivity contribution in [3.63, 3.8) is 0 Å². The van der Waals surface area contributed by atoms with Gasteiger partial charge in [0.05, 0.1) is 27.9 Å². The second-order valence-corrected chi connectivity index (χ2v) is 6.83. The van der Waals surface area contributed by atoms with E-state index >= 15 is 0 Å². The number of benzene rings is 2. The quantitative estimate of drug-likeness (QED) is 0.668. The number of methoxy groups -OCH3 is 1. The highest BCUT2D eigenvalue weighted by Crippen LogP contribution is 2.25. The number of anilines is 1. The lowest BCUT2D eigenvalue weighted by Gasteiger charge is -2.04. The third-order valence-electron chi connectivity index (χ3n) is 3.32. The van der Waals surface area contributed by atoms with Gasteiger partial charge in [0.15, 0.2) is 0 Å². The third-order valence-corrected chi connectivity index (χ3v) is 5.08. The van der Waals surface area contributed by atoms with Crippen LogP contribution in [0, 0.1) is 0 Å². The summed E-state index contributed by atoms with van der Waals surface area (Å²) in [4.78, 5) is 18.2. The van der Waals surface area contributed by atoms with E-state index in [1.807, 2.05) is 0 Å². The summed E-state index contributed by atoms with van der Waals surface area (Å²) in [7, 11) is -2.51. The number of sulfone groups is 1. The van der Waals surface area contributed by atoms with Crippen LogP contribution in [0.25, 0.3) is 11.0 Å². The molecule has 3 rings (SSSR count). The molecule has 0 bridgehead atoms. The monoisotopic (exact) mass is 347 g/mol. The number of phenolic OH excluding ortho intramolecular Hbond substituents is 1. The maximum Gasteiger partial charge on any atom is 0.413 e. The van der Waals surface area contributed by atoms with Gasteiger partial charge in [0.2, 0.25) is 15.8 Å². The predicted molar refractivity (Wildman–Crippen MR) is 85.7 cm³/mol. The first kappa shape index (κ1) is 15.8. The van der Waals surface area contributed by atoms with Crippen molar-refractivity contribution in [1.82, 2.24) is 9.97 Å². The van der Waals surface area contributed by atoms with E-state index in [0.29, 0.717) is 11.0 Å². The maximum atomic E-state index is 12.6. The predicted octanol–water partition coefficient (Wildman–Crippen LogP) is 2.28. The minimum absolute atomic E-state index is 0.0171. The average molecular weight is 347 g/mol. The fraction of sp³-hybridized carbons (Fsp3) is 0.0667. The van der Waals surface area contributed by atoms with Crippen LogP contribution in [0.2, 0.25) is 0 Å². The summed E-state index contributed by atoms with van der Waals surface area (Å²) >= 11 is 0. The van der Waals surface area contributed by atoms with Gasteiger partial charge in [-0.3, -0.25) is 5.32 Å². The number of H-pyrrole nitrogens is 1. The average Bonchev–Trinajstić information content (AvgIpc) is 2.96. The van der Waals surface area contributed by atoms with Crippen molar-refractivity contribution >= 4 is 32.9 Å². The Morgan fingerprint density at radius 2 is 1.83 bits per heavy atom. The molecule has 8 nitrogen and oxygen atoms in total. The number of rotatable bonds is 3. The first-order valence-corrected chi connectivity index (χ1v) is 8.27. The van der Waals surface area contributed by atoms with Crippen LogP contribution in [0.1, 0.15) is 0 Å². The van der Waals surface area contributed by atoms with Crippen LogP contribution in [-0.4, -0.2) is 36.7 Å². The highest BCUT2D eigenvalue weighted by Gasteiger charge is 2.19. The number of amides is 1. The first-order chi connectivity index (χ1) is 11.4. The minimum Gasteiger partial charge on any atom is -0.508 e. The van der Waals surface area contributed by atoms with Crippen molar-refractivity contribution < 1.29 is 23.1 Å². The zero-order valence-electron chi connectivity index (χ0n) is 12.5. The molecule has 0 saturated carbocycles. The van der Waals surface area contributed by atoms with Crippen LogP contribution in [0.3, 0.4) is 0 Å². The molecule has 0 fully saturated rings. The van der Waals surface area contributed by atoms with Crippen LogP contribution < -0.4 is 5.32 Å². The summed E-state index contributed by atoms with van der Waals surface area (Å²) < 4.78 is 29.7. The molecule has 24 heavy (non-hydrogen) atoms. The molecule has 0 aliphatic carbocycles. The molecule has 3 N–H and O–H groups in total. The summed E-state index contributed by atoms with van der Waals surface area (Å²) in [6.07, 6.45) is -0.689. The van der Waals surface area contributed by atoms with E-state index in [-0.39, 0.29) is 21.5 Å². The molecule has 0 radical (unpaired) electrons. The number of phenols is 1. The first-order valence-electron chi connectivity index (χ1n) is 6.79. The van der Waals surface area contributed by atoms with Crippen LogP contribution in [0.4, 0.5) is 10.7 Å². The number of nitrogens with one attached hydrogen (secondary N) is 2. The number of aromatic hydroxyl groups is 1. The fourth-order valence-corrected chi connectivity index (χ4v) is 3.41. The lowest BCUT2D eigenvalue weighted by atomic mass is 10.3. The van der Waals surface area contributed by atoms with Crippen molar-refractivity contribution in [3.8, 4) is 5.75 Å². The Balaban J connectivity index is 2.00. The van der Waals surface area contributed by atoms with Gasteiger partial charge in [0, 0.05) is 0 Å². The Morgan fingerprint density at radius 3 is 2.50 bits per heavy atom. The normalized spacial score (nSPS) is 11.4. The molecule has 2 aromatic carbocycles. The summed E-state index contributed by atoms with van der Waals surface area (Å²) in [5.74, 6) is 0.132. The van der Waals surface area contributed by atoms with Crippen molar-refractivity contribution in [2.45, 2.75) is 9.79 Å². The lowest BCUT2D eigenvalue weighted by Crippen LogP contribution is -2.11. The molecule has 0 atom stereocenters. The SMILES string of the molecule is COC(=O)Nc1nc2ccc(S(=O)(=O)c3ccc(O)cc3)cc2[nH]1. The largest absolute Gasteiger partial charge is 0.508 e. The number of carbonyl (C=O) groups excluding carboxylic acids is 1. The Bertz CT molecular complexity index is 1010. The molecule has 9 heteroatoms. The maximum absolute atomic E-state index is 12.6. The molecule has 0 aliphatic rings. The van der Waals surface area contributed by atoms with Crippen LogP contribution in [0.5, 0.6) is 5.75 Å². The van der Waals surface area contributed by atoms with Crippen LogP contribution in [-0.2, 0) is 14.6 Å². The van der Waals surface area contributed by atoms with E-state index in [0.717, 1.165) is 0 Å². The van der Waals surface area contributed by atoms with E-state index in [9.17, 15) is 18.3 Å². The van der Waals surface area contributed by atoms with Gasteiger partial charge in [-0.05, 0) is 42.5 Å². The van der Waals surface area contributed by atoms with E-state index in [1.54, 1.807) is 0 Å². The molecule has 1 amide bonds. The Kier molecular flexibility index (Phi) is 3.86. The van der Waals surface area contributed by atoms with E-state index in [1.165, 1.54) is 49.6 Å². The Morgan fingerprint density at radius 1 is 1.17 bits per heavy atom. The fourth-order valence-electron chi connectivity index (χ4n) is 2.12. The molecule has 1 heterocycles. The van der Waals surface area contributed by atoms with Crippen molar-refractivity contribution in [2.75, 3.05) is 12.4 Å². The highest BCUT2D eigenvalue weighted by molar-refractivity contribution is 7.91. The van der Waals surface area contributed by atoms with Crippen LogP contribution in [0.15, 0.2) is 52.3 Å². The smallest absolute Gasteiger partial charge is 0.413 e. The van der Waals surface area contributed by atoms with Crippen molar-refractivity contribution in [1.29, 1.82) is 0 Å². The van der Waals surface area contributed by atoms with Gasteiger partial charge in [-0.1, -0.05) is 0 Å². The number of hydrogen-bond donors (Lipinski definition) is 3. The summed E-state index contributed by atoms with van der Waals surface area (Å²) in [6, 6.07) is 9.64. The third kappa shape index (κ3) is 2.88. The van der Waals surface area contributed by atoms with Crippen molar-refractivity contribution in [2.24, 2.45) is 0 Å². The summed E-state index contributed by atoms with van der Waals surface area (Å²) in [5.41, 5.74) is 0.937. The number of fused-ring (bicyclic) bond motifs is 1. The van der Waals surface area contributed by atoms with Gasteiger partial charge in [-0.15, -0.1) is 0 Å². The molecule has 0 aliphatic heterocycles. The minimum atomic E-state index is -3.74. The number of hydrogen-bond acceptors (Lipinski definition) is 6. The number of aromatic nitrogens is 2. The molecule has 0 spiro atoms. The van der Waals surface area contributed by atoms with E-state index in [2.05, 4.69) is 20.0 Å². The zero-order chi connectivity index (χ0) is 17.3. The van der Waals surface area contributed by atoms with Gasteiger partial charge < -0.3 is 14.8 Å². The standard InChI is InChI=1S/C15H13N3O5S/c1-23-15(20)18-14-16-12-7-6-11(8-13(12)17-14)24(21,22)10-4-2-9(19)3-5-10/h2-8,19H,1H3,(H2,16,17,18,20). The molecular formula is C15H13N3O5S. The van der Waals surface area contributed by atoms with Gasteiger partial charge >= 0.3 is 6.09 Å². The van der Waals surface area contributed by atoms with E-state index < -0.39 is 15.9 Å². The molecule has 0 saturated heterocycles. The Labute approximate surface area is 137 Å². The Hall–Kier alpha value is -3.07. The second-order valence-electron chi connectivity index (χ2n) is 4.88. The zero-order valence-corrected chi connectivity index (χ0v) is 13.3.